The van der Waals surface area contributed by atoms with Crippen molar-refractivity contribution >= 4 is 64.0 Å². The molecule has 2 aromatic rings. The van der Waals surface area contributed by atoms with Crippen LogP contribution >= 0.6 is 0 Å². The highest BCUT2D eigenvalue weighted by molar-refractivity contribution is 6.06. The summed E-state index contributed by atoms with van der Waals surface area (Å²) in [6.07, 6.45) is 5.76. The van der Waals surface area contributed by atoms with Crippen molar-refractivity contribution in [3.8, 4) is 0 Å². The maximum Gasteiger partial charge on any atom is 0.224 e. The van der Waals surface area contributed by atoms with Crippen LogP contribution in [-0.4, -0.2) is 52.7 Å². The molecule has 292 valence electrons. The third kappa shape index (κ3) is 17.1. The number of anilines is 2. The van der Waals surface area contributed by atoms with Crippen LogP contribution in [0.25, 0.3) is 0 Å². The number of rotatable bonds is 20. The van der Waals surface area contributed by atoms with E-state index in [0.29, 0.717) is 58.3 Å². The lowest BCUT2D eigenvalue weighted by Gasteiger charge is -2.16. The molecule has 1 atom stereocenters. The van der Waals surface area contributed by atoms with Gasteiger partial charge < -0.3 is 50.8 Å². The van der Waals surface area contributed by atoms with Crippen LogP contribution in [0.15, 0.2) is 72.1 Å². The van der Waals surface area contributed by atoms with Crippen LogP contribution in [-0.2, 0) is 9.59 Å². The number of carbonyl (C=O) groups is 2. The predicted octanol–water partition coefficient (Wildman–Crippen LogP) is 2.32. The summed E-state index contributed by atoms with van der Waals surface area (Å²) < 4.78 is 0. The largest absolute Gasteiger partial charge is 0.386 e. The molecule has 0 aliphatic heterocycles. The van der Waals surface area contributed by atoms with E-state index in [1.807, 2.05) is 25.1 Å². The first-order valence-electron chi connectivity index (χ1n) is 17.4. The van der Waals surface area contributed by atoms with E-state index in [1.165, 1.54) is 0 Å². The first-order chi connectivity index (χ1) is 25.5. The summed E-state index contributed by atoms with van der Waals surface area (Å²) >= 11 is 0. The summed E-state index contributed by atoms with van der Waals surface area (Å²) in [5.41, 5.74) is 46.8. The first kappa shape index (κ1) is 43.6. The molecule has 0 fully saturated rings. The number of benzene rings is 2. The molecular formula is C35H55N17O2. The van der Waals surface area contributed by atoms with Gasteiger partial charge in [-0.15, -0.1) is 20.4 Å². The second-order valence-corrected chi connectivity index (χ2v) is 12.6. The lowest BCUT2D eigenvalue weighted by Crippen LogP contribution is -2.27. The van der Waals surface area contributed by atoms with Crippen LogP contribution < -0.4 is 56.2 Å². The summed E-state index contributed by atoms with van der Waals surface area (Å²) in [6.45, 7) is 8.80. The second kappa shape index (κ2) is 22.4. The third-order valence-corrected chi connectivity index (χ3v) is 7.64. The standard InChI is InChI=1S/C35H55N17O2/c1-20(45-49-24(5)36)25-14-26(21(2)46-50-33(37)38)17-29(16-25)43-31(53)12-10-8-6-7-9-11-13-32(54)44-30-18-27(22(3)47-51-34(39)40)15-28(19-30)23(4)48-52-35(41)42/h14-19,22,47H,6-13H2,1-5H3,(H2,36,49)(H,43,53)(H,44,54)(H4,37,38,50)(H4,39,40,51)(H4,41,42,52)/b45-20+,46-21-,48-23+. The van der Waals surface area contributed by atoms with Gasteiger partial charge in [-0.05, 0) is 95.0 Å². The number of carbonyl (C=O) groups excluding carboxylic acids is 2. The highest BCUT2D eigenvalue weighted by atomic mass is 16.2. The van der Waals surface area contributed by atoms with Gasteiger partial charge in [-0.3, -0.25) is 15.0 Å². The lowest BCUT2D eigenvalue weighted by atomic mass is 10.0. The lowest BCUT2D eigenvalue weighted by molar-refractivity contribution is -0.117. The van der Waals surface area contributed by atoms with Crippen LogP contribution in [0.3, 0.4) is 0 Å². The Morgan fingerprint density at radius 3 is 1.37 bits per heavy atom. The number of nitrogens with two attached hydrogens (primary N) is 7. The van der Waals surface area contributed by atoms with Gasteiger partial charge in [0.15, 0.2) is 0 Å². The number of amides is 2. The van der Waals surface area contributed by atoms with Crippen LogP contribution in [0.5, 0.6) is 0 Å². The van der Waals surface area contributed by atoms with Crippen molar-refractivity contribution in [1.29, 1.82) is 0 Å². The first-order valence-corrected chi connectivity index (χ1v) is 17.4. The van der Waals surface area contributed by atoms with E-state index in [0.717, 1.165) is 49.7 Å². The van der Waals surface area contributed by atoms with Crippen molar-refractivity contribution in [2.24, 2.45) is 75.8 Å². The van der Waals surface area contributed by atoms with Crippen molar-refractivity contribution in [3.05, 3.63) is 58.7 Å². The zero-order chi connectivity index (χ0) is 40.2. The Bertz CT molecular complexity index is 1760. The number of hydrogen-bond donors (Lipinski definition) is 10. The van der Waals surface area contributed by atoms with Gasteiger partial charge >= 0.3 is 0 Å². The van der Waals surface area contributed by atoms with Crippen LogP contribution in [0.2, 0.25) is 0 Å². The SMILES string of the molecule is CC(N)=N/N=C(\C)c1cc(NC(=O)CCCCCCCCC(=O)Nc2cc(/C(C)=N/N=C(N)N)cc(C(C)NN=C(N)N)c2)cc(/C(C)=N\N=C(N)N)c1. The highest BCUT2D eigenvalue weighted by Gasteiger charge is 2.13. The van der Waals surface area contributed by atoms with Crippen LogP contribution in [0.1, 0.15) is 114 Å². The maximum atomic E-state index is 12.8. The summed E-state index contributed by atoms with van der Waals surface area (Å²) in [5, 5.41) is 33.4. The molecule has 54 heavy (non-hydrogen) atoms. The summed E-state index contributed by atoms with van der Waals surface area (Å²) in [4.78, 5) is 25.7. The topological polar surface area (TPSA) is 339 Å². The van der Waals surface area contributed by atoms with E-state index in [4.69, 9.17) is 40.1 Å². The smallest absolute Gasteiger partial charge is 0.224 e. The van der Waals surface area contributed by atoms with Crippen molar-refractivity contribution < 1.29 is 9.59 Å². The number of hydrazone groups is 1. The monoisotopic (exact) mass is 745 g/mol. The minimum absolute atomic E-state index is 0.106. The Hall–Kier alpha value is -6.53. The normalized spacial score (nSPS) is 12.7. The molecule has 0 bridgehead atoms. The van der Waals surface area contributed by atoms with E-state index in [9.17, 15) is 9.59 Å². The molecule has 0 spiro atoms. The van der Waals surface area contributed by atoms with Crippen molar-refractivity contribution in [1.82, 2.24) is 5.43 Å². The van der Waals surface area contributed by atoms with Gasteiger partial charge in [-0.1, -0.05) is 25.7 Å². The molecule has 2 amide bonds. The Morgan fingerprint density at radius 2 is 0.944 bits per heavy atom. The zero-order valence-corrected chi connectivity index (χ0v) is 31.7. The van der Waals surface area contributed by atoms with Gasteiger partial charge in [0.25, 0.3) is 0 Å². The number of nitrogens with one attached hydrogen (secondary N) is 3. The molecule has 0 saturated heterocycles. The number of nitrogens with zero attached hydrogens (tertiary/aromatic N) is 7. The van der Waals surface area contributed by atoms with E-state index in [1.54, 1.807) is 45.9 Å². The quantitative estimate of drug-likeness (QED) is 0.0408. The molecule has 0 heterocycles. The van der Waals surface area contributed by atoms with Crippen LogP contribution in [0, 0.1) is 0 Å². The van der Waals surface area contributed by atoms with Gasteiger partial charge in [0.1, 0.15) is 5.84 Å². The molecule has 19 nitrogen and oxygen atoms in total. The number of amidine groups is 1. The van der Waals surface area contributed by atoms with E-state index in [-0.39, 0.29) is 35.7 Å². The molecule has 2 aromatic carbocycles. The zero-order valence-electron chi connectivity index (χ0n) is 31.7. The van der Waals surface area contributed by atoms with Crippen LogP contribution in [0.4, 0.5) is 11.4 Å². The molecular weight excluding hydrogens is 691 g/mol. The highest BCUT2D eigenvalue weighted by Crippen LogP contribution is 2.23. The fraction of sp³-hybridized carbons (Fsp3) is 0.400. The third-order valence-electron chi connectivity index (χ3n) is 7.64. The molecule has 0 aromatic heterocycles. The Labute approximate surface area is 315 Å². The van der Waals surface area contributed by atoms with Gasteiger partial charge in [-0.25, -0.2) is 0 Å². The van der Waals surface area contributed by atoms with Gasteiger partial charge in [0.2, 0.25) is 29.7 Å². The van der Waals surface area contributed by atoms with Crippen molar-refractivity contribution in [3.63, 3.8) is 0 Å². The molecule has 2 rings (SSSR count). The van der Waals surface area contributed by atoms with Crippen molar-refractivity contribution in [2.45, 2.75) is 92.0 Å². The number of unbranched alkanes of at least 4 members (excludes halogenated alkanes) is 5. The Balaban J connectivity index is 1.90. The molecule has 0 radical (unpaired) electrons. The molecule has 19 heteroatoms. The minimum atomic E-state index is -0.285. The summed E-state index contributed by atoms with van der Waals surface area (Å²) in [6, 6.07) is 10.7. The van der Waals surface area contributed by atoms with Crippen molar-refractivity contribution in [2.75, 3.05) is 10.6 Å². The average Bonchev–Trinajstić information content (AvgIpc) is 3.11. The number of guanidine groups is 3. The molecule has 0 aliphatic rings. The van der Waals surface area contributed by atoms with Gasteiger partial charge in [0, 0.05) is 35.3 Å². The number of hydrogen-bond acceptors (Lipinski definition) is 10. The second-order valence-electron chi connectivity index (χ2n) is 12.6. The van der Waals surface area contributed by atoms with E-state index < -0.39 is 0 Å². The Kier molecular flexibility index (Phi) is 18.1. The summed E-state index contributed by atoms with van der Waals surface area (Å²) in [5.74, 6) is -0.370. The molecule has 1 unspecified atom stereocenters. The molecule has 0 saturated carbocycles. The summed E-state index contributed by atoms with van der Waals surface area (Å²) in [7, 11) is 0. The van der Waals surface area contributed by atoms with Gasteiger partial charge in [0.05, 0.1) is 23.2 Å². The Morgan fingerprint density at radius 1 is 0.537 bits per heavy atom. The molecule has 17 N–H and O–H groups in total. The molecule has 0 aliphatic carbocycles. The van der Waals surface area contributed by atoms with Gasteiger partial charge in [-0.2, -0.15) is 15.3 Å². The maximum absolute atomic E-state index is 12.8. The average molecular weight is 746 g/mol. The van der Waals surface area contributed by atoms with E-state index in [2.05, 4.69) is 51.8 Å². The minimum Gasteiger partial charge on any atom is -0.386 e. The van der Waals surface area contributed by atoms with E-state index >= 15 is 0 Å². The fourth-order valence-corrected chi connectivity index (χ4v) is 4.86. The fourth-order valence-electron chi connectivity index (χ4n) is 4.86. The predicted molar refractivity (Wildman–Crippen MR) is 220 cm³/mol.